The summed E-state index contributed by atoms with van der Waals surface area (Å²) in [5, 5.41) is 2.72. The van der Waals surface area contributed by atoms with Gasteiger partial charge in [-0.05, 0) is 24.3 Å². The molecule has 6 nitrogen and oxygen atoms in total. The summed E-state index contributed by atoms with van der Waals surface area (Å²) in [6.07, 6.45) is 0. The Morgan fingerprint density at radius 1 is 0.960 bits per heavy atom. The molecule has 8 heteroatoms. The summed E-state index contributed by atoms with van der Waals surface area (Å²) in [6.45, 7) is -0.574. The molecule has 2 aromatic rings. The first-order chi connectivity index (χ1) is 11.9. The lowest BCUT2D eigenvalue weighted by molar-refractivity contribution is -0.119. The fraction of sp³-hybridized carbons (Fsp3) is 0.118. The highest BCUT2D eigenvalue weighted by Gasteiger charge is 2.18. The number of hydrogen-bond donors (Lipinski definition) is 1. The molecule has 0 radical (unpaired) electrons. The number of nitrogens with one attached hydrogen (secondary N) is 1. The molecule has 0 atom stereocenters. The minimum absolute atomic E-state index is 0.0198. The predicted octanol–water partition coefficient (Wildman–Crippen LogP) is 3.58. The van der Waals surface area contributed by atoms with Crippen molar-refractivity contribution >= 4 is 46.7 Å². The van der Waals surface area contributed by atoms with E-state index in [2.05, 4.69) is 10.1 Å². The molecule has 0 aromatic heterocycles. The number of methoxy groups -OCH3 is 1. The number of halogens is 2. The second-order valence-electron chi connectivity index (χ2n) is 4.76. The molecule has 0 unspecified atom stereocenters. The van der Waals surface area contributed by atoms with Crippen LogP contribution in [0.15, 0.2) is 42.5 Å². The Balaban J connectivity index is 2.02. The zero-order valence-corrected chi connectivity index (χ0v) is 14.6. The molecule has 0 saturated carbocycles. The molecule has 0 aliphatic heterocycles. The van der Waals surface area contributed by atoms with Crippen LogP contribution in [0, 0.1) is 0 Å². The third-order valence-corrected chi connectivity index (χ3v) is 3.74. The predicted molar refractivity (Wildman–Crippen MR) is 93.2 cm³/mol. The number of amides is 1. The summed E-state index contributed by atoms with van der Waals surface area (Å²) in [4.78, 5) is 35.6. The normalized spacial score (nSPS) is 10.0. The number of carbonyl (C=O) groups excluding carboxylic acids is 3. The number of hydrogen-bond acceptors (Lipinski definition) is 5. The summed E-state index contributed by atoms with van der Waals surface area (Å²) in [5.74, 6) is -2.06. The maximum atomic E-state index is 12.0. The lowest BCUT2D eigenvalue weighted by Crippen LogP contribution is -2.22. The van der Waals surface area contributed by atoms with E-state index >= 15 is 0 Å². The zero-order valence-electron chi connectivity index (χ0n) is 13.0. The first kappa shape index (κ1) is 18.8. The molecule has 0 saturated heterocycles. The fourth-order valence-electron chi connectivity index (χ4n) is 1.96. The summed E-state index contributed by atoms with van der Waals surface area (Å²) in [5.41, 5.74) is 0.401. The van der Waals surface area contributed by atoms with E-state index < -0.39 is 24.5 Å². The zero-order chi connectivity index (χ0) is 18.4. The van der Waals surface area contributed by atoms with Crippen molar-refractivity contribution < 1.29 is 23.9 Å². The Bertz CT molecular complexity index is 802. The number of para-hydroxylation sites is 1. The van der Waals surface area contributed by atoms with Gasteiger partial charge < -0.3 is 14.8 Å². The first-order valence-corrected chi connectivity index (χ1v) is 7.78. The Morgan fingerprint density at radius 2 is 1.60 bits per heavy atom. The minimum atomic E-state index is -0.827. The lowest BCUT2D eigenvalue weighted by Gasteiger charge is -2.10. The fourth-order valence-corrected chi connectivity index (χ4v) is 2.51. The average Bonchev–Trinajstić information content (AvgIpc) is 2.59. The molecule has 1 amide bonds. The van der Waals surface area contributed by atoms with E-state index in [4.69, 9.17) is 27.9 Å². The highest BCUT2D eigenvalue weighted by Crippen LogP contribution is 2.25. The van der Waals surface area contributed by atoms with Crippen LogP contribution in [0.5, 0.6) is 0 Å². The number of carbonyl (C=O) groups is 3. The van der Waals surface area contributed by atoms with E-state index in [0.29, 0.717) is 0 Å². The molecule has 0 fully saturated rings. The van der Waals surface area contributed by atoms with Crippen LogP contribution in [0.2, 0.25) is 10.0 Å². The van der Waals surface area contributed by atoms with Crippen molar-refractivity contribution in [1.82, 2.24) is 0 Å². The largest absolute Gasteiger partial charge is 0.465 e. The monoisotopic (exact) mass is 381 g/mol. The number of rotatable bonds is 5. The molecule has 2 aromatic carbocycles. The van der Waals surface area contributed by atoms with Gasteiger partial charge in [0.15, 0.2) is 6.61 Å². The van der Waals surface area contributed by atoms with Crippen molar-refractivity contribution in [2.75, 3.05) is 19.0 Å². The molecule has 0 aliphatic rings. The van der Waals surface area contributed by atoms with Crippen molar-refractivity contribution in [2.45, 2.75) is 0 Å². The van der Waals surface area contributed by atoms with Crippen LogP contribution in [-0.4, -0.2) is 31.6 Å². The van der Waals surface area contributed by atoms with Crippen LogP contribution < -0.4 is 5.32 Å². The number of ether oxygens (including phenoxy) is 2. The Hall–Kier alpha value is -2.57. The third-order valence-electron chi connectivity index (χ3n) is 3.11. The van der Waals surface area contributed by atoms with Crippen molar-refractivity contribution in [1.29, 1.82) is 0 Å². The molecular weight excluding hydrogens is 369 g/mol. The minimum Gasteiger partial charge on any atom is -0.465 e. The van der Waals surface area contributed by atoms with E-state index in [9.17, 15) is 14.4 Å². The van der Waals surface area contributed by atoms with Crippen LogP contribution in [-0.2, 0) is 14.3 Å². The molecule has 130 valence electrons. The van der Waals surface area contributed by atoms with E-state index in [1.165, 1.54) is 31.4 Å². The SMILES string of the molecule is COC(=O)c1ccccc1NC(=O)COC(=O)c1c(Cl)cccc1Cl. The molecule has 0 spiro atoms. The van der Waals surface area contributed by atoms with Crippen molar-refractivity contribution in [3.05, 3.63) is 63.6 Å². The summed E-state index contributed by atoms with van der Waals surface area (Å²) >= 11 is 11.8. The number of benzene rings is 2. The van der Waals surface area contributed by atoms with Gasteiger partial charge in [-0.15, -0.1) is 0 Å². The summed E-state index contributed by atoms with van der Waals surface area (Å²) in [7, 11) is 1.23. The van der Waals surface area contributed by atoms with Gasteiger partial charge in [0.1, 0.15) is 0 Å². The molecule has 0 heterocycles. The topological polar surface area (TPSA) is 81.7 Å². The first-order valence-electron chi connectivity index (χ1n) is 7.02. The van der Waals surface area contributed by atoms with Gasteiger partial charge in [0.05, 0.1) is 34.0 Å². The van der Waals surface area contributed by atoms with Gasteiger partial charge in [0, 0.05) is 0 Å². The van der Waals surface area contributed by atoms with E-state index in [1.54, 1.807) is 18.2 Å². The number of esters is 2. The highest BCUT2D eigenvalue weighted by molar-refractivity contribution is 6.39. The van der Waals surface area contributed by atoms with Crippen LogP contribution in [0.25, 0.3) is 0 Å². The lowest BCUT2D eigenvalue weighted by atomic mass is 10.2. The van der Waals surface area contributed by atoms with E-state index in [1.807, 2.05) is 0 Å². The van der Waals surface area contributed by atoms with Gasteiger partial charge in [-0.25, -0.2) is 9.59 Å². The van der Waals surface area contributed by atoms with Crippen LogP contribution in [0.1, 0.15) is 20.7 Å². The smallest absolute Gasteiger partial charge is 0.341 e. The van der Waals surface area contributed by atoms with Gasteiger partial charge in [0.25, 0.3) is 5.91 Å². The van der Waals surface area contributed by atoms with Gasteiger partial charge in [-0.3, -0.25) is 4.79 Å². The average molecular weight is 382 g/mol. The maximum Gasteiger partial charge on any atom is 0.341 e. The van der Waals surface area contributed by atoms with Crippen LogP contribution >= 0.6 is 23.2 Å². The van der Waals surface area contributed by atoms with Crippen molar-refractivity contribution in [2.24, 2.45) is 0 Å². The molecular formula is C17H13Cl2NO5. The van der Waals surface area contributed by atoms with Gasteiger partial charge in [-0.1, -0.05) is 41.4 Å². The second kappa shape index (κ2) is 8.50. The molecule has 0 aliphatic carbocycles. The van der Waals surface area contributed by atoms with E-state index in [0.717, 1.165) is 0 Å². The Kier molecular flexibility index (Phi) is 6.38. The van der Waals surface area contributed by atoms with Crippen molar-refractivity contribution in [3.63, 3.8) is 0 Å². The van der Waals surface area contributed by atoms with Crippen LogP contribution in [0.4, 0.5) is 5.69 Å². The second-order valence-corrected chi connectivity index (χ2v) is 5.57. The molecule has 25 heavy (non-hydrogen) atoms. The van der Waals surface area contributed by atoms with Gasteiger partial charge in [-0.2, -0.15) is 0 Å². The standard InChI is InChI=1S/C17H13Cl2NO5/c1-24-16(22)10-5-2-3-8-13(10)20-14(21)9-25-17(23)15-11(18)6-4-7-12(15)19/h2-8H,9H2,1H3,(H,20,21). The van der Waals surface area contributed by atoms with Crippen molar-refractivity contribution in [3.8, 4) is 0 Å². The Morgan fingerprint density at radius 3 is 2.24 bits per heavy atom. The molecule has 0 bridgehead atoms. The molecule has 2 rings (SSSR count). The summed E-state index contributed by atoms with van der Waals surface area (Å²) in [6, 6.07) is 10.8. The van der Waals surface area contributed by atoms with Gasteiger partial charge in [0.2, 0.25) is 0 Å². The van der Waals surface area contributed by atoms with E-state index in [-0.39, 0.29) is 26.9 Å². The Labute approximate surface area is 153 Å². The van der Waals surface area contributed by atoms with Gasteiger partial charge >= 0.3 is 11.9 Å². The highest BCUT2D eigenvalue weighted by atomic mass is 35.5. The molecule has 1 N–H and O–H groups in total. The third kappa shape index (κ3) is 4.71. The maximum absolute atomic E-state index is 12.0. The quantitative estimate of drug-likeness (QED) is 0.800. The summed E-state index contributed by atoms with van der Waals surface area (Å²) < 4.78 is 9.55. The van der Waals surface area contributed by atoms with Crippen LogP contribution in [0.3, 0.4) is 0 Å². The number of anilines is 1.